The number of amides is 1. The van der Waals surface area contributed by atoms with E-state index >= 15 is 0 Å². The van der Waals surface area contributed by atoms with Gasteiger partial charge in [-0.2, -0.15) is 0 Å². The molecular formula is C18H13N3O4. The average molecular weight is 335 g/mol. The van der Waals surface area contributed by atoms with E-state index < -0.39 is 5.91 Å². The van der Waals surface area contributed by atoms with Gasteiger partial charge in [-0.05, 0) is 24.3 Å². The lowest BCUT2D eigenvalue weighted by Crippen LogP contribution is -2.10. The zero-order valence-corrected chi connectivity index (χ0v) is 13.2. The van der Waals surface area contributed by atoms with Gasteiger partial charge in [0.1, 0.15) is 0 Å². The highest BCUT2D eigenvalue weighted by molar-refractivity contribution is 6.04. The Hall–Kier alpha value is -3.61. The highest BCUT2D eigenvalue weighted by Crippen LogP contribution is 2.29. The quantitative estimate of drug-likeness (QED) is 0.611. The number of carbonyl (C=O) groups excluding carboxylic acids is 1. The van der Waals surface area contributed by atoms with Crippen LogP contribution in [0, 0.1) is 0 Å². The number of methoxy groups -OCH3 is 1. The molecule has 0 aliphatic rings. The molecule has 0 spiro atoms. The molecule has 1 N–H and O–H groups in total. The Bertz CT molecular complexity index is 1040. The van der Waals surface area contributed by atoms with Crippen molar-refractivity contribution in [2.45, 2.75) is 0 Å². The first-order chi connectivity index (χ1) is 12.2. The fourth-order valence-electron chi connectivity index (χ4n) is 2.44. The van der Waals surface area contributed by atoms with Crippen LogP contribution in [0.25, 0.3) is 22.4 Å². The van der Waals surface area contributed by atoms with E-state index in [9.17, 15) is 4.79 Å². The van der Waals surface area contributed by atoms with Crippen molar-refractivity contribution >= 4 is 22.9 Å². The number of ether oxygens (including phenoxy) is 1. The largest absolute Gasteiger partial charge is 0.493 e. The van der Waals surface area contributed by atoms with Crippen LogP contribution in [0.4, 0.5) is 6.01 Å². The van der Waals surface area contributed by atoms with Gasteiger partial charge in [-0.15, -0.1) is 5.10 Å². The Morgan fingerprint density at radius 3 is 2.68 bits per heavy atom. The molecule has 4 rings (SSSR count). The lowest BCUT2D eigenvalue weighted by molar-refractivity contribution is 0.0995. The third-order valence-corrected chi connectivity index (χ3v) is 3.62. The number of nitrogens with zero attached hydrogens (tertiary/aromatic N) is 2. The molecule has 0 aliphatic heterocycles. The van der Waals surface area contributed by atoms with Crippen LogP contribution in [-0.4, -0.2) is 23.2 Å². The van der Waals surface area contributed by atoms with E-state index in [4.69, 9.17) is 13.6 Å². The number of furan rings is 1. The molecule has 2 aromatic heterocycles. The van der Waals surface area contributed by atoms with Crippen LogP contribution in [0.1, 0.15) is 10.6 Å². The summed E-state index contributed by atoms with van der Waals surface area (Å²) in [5.41, 5.74) is 1.27. The van der Waals surface area contributed by atoms with Gasteiger partial charge in [0, 0.05) is 10.9 Å². The second kappa shape index (κ2) is 6.12. The smallest absolute Gasteiger partial charge is 0.322 e. The van der Waals surface area contributed by atoms with E-state index in [1.165, 1.54) is 0 Å². The minimum atomic E-state index is -0.485. The minimum Gasteiger partial charge on any atom is -0.493 e. The van der Waals surface area contributed by atoms with Gasteiger partial charge in [0.25, 0.3) is 5.91 Å². The molecule has 0 radical (unpaired) electrons. The molecule has 0 bridgehead atoms. The van der Waals surface area contributed by atoms with Crippen molar-refractivity contribution in [3.05, 3.63) is 60.4 Å². The normalized spacial score (nSPS) is 10.8. The van der Waals surface area contributed by atoms with Crippen LogP contribution in [-0.2, 0) is 0 Å². The molecule has 0 unspecified atom stereocenters. The van der Waals surface area contributed by atoms with Gasteiger partial charge in [-0.1, -0.05) is 35.4 Å². The molecule has 0 aliphatic carbocycles. The summed E-state index contributed by atoms with van der Waals surface area (Å²) >= 11 is 0. The van der Waals surface area contributed by atoms with Gasteiger partial charge in [0.2, 0.25) is 5.89 Å². The Morgan fingerprint density at radius 2 is 1.88 bits per heavy atom. The Kier molecular flexibility index (Phi) is 3.66. The number of anilines is 1. The second-order valence-corrected chi connectivity index (χ2v) is 5.22. The van der Waals surface area contributed by atoms with Crippen LogP contribution in [0.3, 0.4) is 0 Å². The molecule has 2 aromatic carbocycles. The van der Waals surface area contributed by atoms with Gasteiger partial charge in [-0.25, -0.2) is 0 Å². The van der Waals surface area contributed by atoms with E-state index in [0.717, 1.165) is 10.9 Å². The summed E-state index contributed by atoms with van der Waals surface area (Å²) in [5, 5.41) is 11.0. The van der Waals surface area contributed by atoms with Gasteiger partial charge >= 0.3 is 6.01 Å². The van der Waals surface area contributed by atoms with E-state index in [-0.39, 0.29) is 11.8 Å². The number of benzene rings is 2. The number of hydrogen-bond donors (Lipinski definition) is 1. The third kappa shape index (κ3) is 2.83. The molecule has 0 saturated heterocycles. The van der Waals surface area contributed by atoms with E-state index in [1.807, 2.05) is 42.5 Å². The van der Waals surface area contributed by atoms with Crippen LogP contribution >= 0.6 is 0 Å². The SMILES string of the molecule is COc1cccc2cc(C(=O)Nc3nnc(-c4ccccc4)o3)oc12. The van der Waals surface area contributed by atoms with Crippen LogP contribution < -0.4 is 10.1 Å². The van der Waals surface area contributed by atoms with Gasteiger partial charge < -0.3 is 13.6 Å². The van der Waals surface area contributed by atoms with Crippen LogP contribution in [0.2, 0.25) is 0 Å². The zero-order valence-electron chi connectivity index (χ0n) is 13.2. The number of carbonyl (C=O) groups is 1. The fraction of sp³-hybridized carbons (Fsp3) is 0.0556. The lowest BCUT2D eigenvalue weighted by atomic mass is 10.2. The highest BCUT2D eigenvalue weighted by Gasteiger charge is 2.17. The average Bonchev–Trinajstić information content (AvgIpc) is 3.29. The predicted molar refractivity (Wildman–Crippen MR) is 90.5 cm³/mol. The number of rotatable bonds is 4. The summed E-state index contributed by atoms with van der Waals surface area (Å²) in [6.45, 7) is 0. The Morgan fingerprint density at radius 1 is 1.04 bits per heavy atom. The van der Waals surface area contributed by atoms with Crippen molar-refractivity contribution in [2.75, 3.05) is 12.4 Å². The van der Waals surface area contributed by atoms with Gasteiger partial charge in [0.05, 0.1) is 7.11 Å². The molecule has 7 heteroatoms. The molecule has 0 fully saturated rings. The lowest BCUT2D eigenvalue weighted by Gasteiger charge is -1.99. The summed E-state index contributed by atoms with van der Waals surface area (Å²) in [4.78, 5) is 12.4. The molecule has 0 saturated carbocycles. The van der Waals surface area contributed by atoms with Crippen LogP contribution in [0.5, 0.6) is 5.75 Å². The molecule has 124 valence electrons. The maximum atomic E-state index is 12.4. The van der Waals surface area contributed by atoms with Crippen molar-refractivity contribution in [2.24, 2.45) is 0 Å². The first kappa shape index (κ1) is 14.9. The summed E-state index contributed by atoms with van der Waals surface area (Å²) in [7, 11) is 1.54. The number of hydrogen-bond acceptors (Lipinski definition) is 6. The summed E-state index contributed by atoms with van der Waals surface area (Å²) in [6, 6.07) is 16.3. The standard InChI is InChI=1S/C18H13N3O4/c1-23-13-9-5-8-12-10-14(24-15(12)13)16(22)19-18-21-20-17(25-18)11-6-3-2-4-7-11/h2-10H,1H3,(H,19,21,22). The van der Waals surface area contributed by atoms with Crippen molar-refractivity contribution in [1.82, 2.24) is 10.2 Å². The Balaban J connectivity index is 1.57. The van der Waals surface area contributed by atoms with Gasteiger partial charge in [-0.3, -0.25) is 10.1 Å². The molecule has 7 nitrogen and oxygen atoms in total. The number of nitrogens with one attached hydrogen (secondary N) is 1. The molecule has 0 atom stereocenters. The van der Waals surface area contributed by atoms with E-state index in [1.54, 1.807) is 19.2 Å². The number of para-hydroxylation sites is 1. The molecule has 25 heavy (non-hydrogen) atoms. The maximum absolute atomic E-state index is 12.4. The number of fused-ring (bicyclic) bond motifs is 1. The zero-order chi connectivity index (χ0) is 17.2. The first-order valence-corrected chi connectivity index (χ1v) is 7.51. The van der Waals surface area contributed by atoms with E-state index in [2.05, 4.69) is 15.5 Å². The second-order valence-electron chi connectivity index (χ2n) is 5.22. The molecule has 1 amide bonds. The van der Waals surface area contributed by atoms with Crippen molar-refractivity contribution in [3.8, 4) is 17.2 Å². The minimum absolute atomic E-state index is 0.00345. The number of aromatic nitrogens is 2. The summed E-state index contributed by atoms with van der Waals surface area (Å²) in [6.07, 6.45) is 0. The van der Waals surface area contributed by atoms with Crippen molar-refractivity contribution in [1.29, 1.82) is 0 Å². The third-order valence-electron chi connectivity index (χ3n) is 3.62. The first-order valence-electron chi connectivity index (χ1n) is 7.51. The monoisotopic (exact) mass is 335 g/mol. The molecule has 2 heterocycles. The van der Waals surface area contributed by atoms with Crippen molar-refractivity contribution in [3.63, 3.8) is 0 Å². The predicted octanol–water partition coefficient (Wildman–Crippen LogP) is 3.74. The van der Waals surface area contributed by atoms with E-state index in [0.29, 0.717) is 17.2 Å². The van der Waals surface area contributed by atoms with Crippen LogP contribution in [0.15, 0.2) is 63.4 Å². The molecule has 4 aromatic rings. The highest BCUT2D eigenvalue weighted by atomic mass is 16.5. The maximum Gasteiger partial charge on any atom is 0.322 e. The Labute approximate surface area is 142 Å². The summed E-state index contributed by atoms with van der Waals surface area (Å²) < 4.78 is 16.3. The topological polar surface area (TPSA) is 90.4 Å². The molecular weight excluding hydrogens is 322 g/mol. The fourth-order valence-corrected chi connectivity index (χ4v) is 2.44. The van der Waals surface area contributed by atoms with Crippen molar-refractivity contribution < 1.29 is 18.4 Å². The summed E-state index contributed by atoms with van der Waals surface area (Å²) in [5.74, 6) is 0.517. The van der Waals surface area contributed by atoms with Gasteiger partial charge in [0.15, 0.2) is 17.1 Å².